The quantitative estimate of drug-likeness (QED) is 0.490. The van der Waals surface area contributed by atoms with Gasteiger partial charge in [-0.1, -0.05) is 11.6 Å². The third-order valence-electron chi connectivity index (χ3n) is 4.13. The van der Waals surface area contributed by atoms with Crippen LogP contribution in [0.3, 0.4) is 0 Å². The van der Waals surface area contributed by atoms with Crippen LogP contribution in [0.2, 0.25) is 5.02 Å². The molecule has 3 aromatic rings. The van der Waals surface area contributed by atoms with Crippen molar-refractivity contribution in [1.82, 2.24) is 14.6 Å². The first kappa shape index (κ1) is 22.2. The van der Waals surface area contributed by atoms with Crippen LogP contribution >= 0.6 is 11.6 Å². The number of hydrogen-bond acceptors (Lipinski definition) is 5. The highest BCUT2D eigenvalue weighted by molar-refractivity contribution is 6.30. The lowest BCUT2D eigenvalue weighted by Gasteiger charge is -2.27. The minimum absolute atomic E-state index is 0.252. The lowest BCUT2D eigenvalue weighted by molar-refractivity contribution is -0.177. The van der Waals surface area contributed by atoms with Crippen LogP contribution in [-0.4, -0.2) is 39.6 Å². The van der Waals surface area contributed by atoms with Crippen molar-refractivity contribution in [2.24, 2.45) is 0 Å². The zero-order valence-corrected chi connectivity index (χ0v) is 17.4. The molecule has 3 rings (SSSR count). The molecular formula is C20H21ClF3N3O3. The van der Waals surface area contributed by atoms with Crippen molar-refractivity contribution in [2.45, 2.75) is 39.2 Å². The van der Waals surface area contributed by atoms with Gasteiger partial charge in [-0.05, 0) is 51.1 Å². The predicted octanol–water partition coefficient (Wildman–Crippen LogP) is 5.01. The average molecular weight is 444 g/mol. The zero-order chi connectivity index (χ0) is 21.9. The van der Waals surface area contributed by atoms with Gasteiger partial charge in [0.25, 0.3) is 0 Å². The summed E-state index contributed by atoms with van der Waals surface area (Å²) >= 11 is 5.89. The van der Waals surface area contributed by atoms with Gasteiger partial charge in [-0.15, -0.1) is 10.2 Å². The number of rotatable bonds is 8. The van der Waals surface area contributed by atoms with Gasteiger partial charge in [-0.2, -0.15) is 13.2 Å². The third kappa shape index (κ3) is 5.76. The molecule has 0 N–H and O–H groups in total. The molecule has 0 atom stereocenters. The number of ether oxygens (including phenoxy) is 3. The van der Waals surface area contributed by atoms with Gasteiger partial charge in [0.15, 0.2) is 11.5 Å². The van der Waals surface area contributed by atoms with E-state index in [9.17, 15) is 13.2 Å². The van der Waals surface area contributed by atoms with E-state index in [-0.39, 0.29) is 19.0 Å². The molecule has 1 aromatic carbocycles. The molecule has 0 aliphatic carbocycles. The van der Waals surface area contributed by atoms with Crippen LogP contribution in [0.25, 0.3) is 5.65 Å². The average Bonchev–Trinajstić information content (AvgIpc) is 3.06. The fourth-order valence-corrected chi connectivity index (χ4v) is 2.85. The number of halogens is 4. The Morgan fingerprint density at radius 2 is 1.73 bits per heavy atom. The fraction of sp³-hybridized carbons (Fsp3) is 0.400. The van der Waals surface area contributed by atoms with E-state index in [0.29, 0.717) is 27.7 Å². The van der Waals surface area contributed by atoms with Gasteiger partial charge in [0.05, 0.1) is 0 Å². The molecule has 0 unspecified atom stereocenters. The highest BCUT2D eigenvalue weighted by Crippen LogP contribution is 2.25. The Balaban J connectivity index is 1.66. The van der Waals surface area contributed by atoms with Gasteiger partial charge in [0.2, 0.25) is 0 Å². The minimum Gasteiger partial charge on any atom is -0.489 e. The highest BCUT2D eigenvalue weighted by Gasteiger charge is 2.28. The molecule has 10 heteroatoms. The van der Waals surface area contributed by atoms with E-state index >= 15 is 0 Å². The molecule has 0 bridgehead atoms. The maximum absolute atomic E-state index is 12.3. The van der Waals surface area contributed by atoms with Gasteiger partial charge >= 0.3 is 6.18 Å². The molecule has 2 heterocycles. The maximum Gasteiger partial charge on any atom is 0.411 e. The van der Waals surface area contributed by atoms with Gasteiger partial charge < -0.3 is 14.2 Å². The van der Waals surface area contributed by atoms with E-state index in [2.05, 4.69) is 14.9 Å². The van der Waals surface area contributed by atoms with Gasteiger partial charge in [0, 0.05) is 16.8 Å². The standard InChI is InChI=1S/C20H21ClF3N3O3/c1-13-16(29-11-19(2,3)30-15-6-4-14(21)5-7-15)8-9-27-17(25-26-18(13)27)10-28-12-20(22,23)24/h4-9H,10-12H2,1-3H3. The summed E-state index contributed by atoms with van der Waals surface area (Å²) in [6.07, 6.45) is -2.75. The number of alkyl halides is 3. The van der Waals surface area contributed by atoms with E-state index in [1.165, 1.54) is 0 Å². The largest absolute Gasteiger partial charge is 0.489 e. The van der Waals surface area contributed by atoms with Gasteiger partial charge in [-0.3, -0.25) is 4.40 Å². The Morgan fingerprint density at radius 1 is 1.03 bits per heavy atom. The molecule has 6 nitrogen and oxygen atoms in total. The van der Waals surface area contributed by atoms with Crippen LogP contribution < -0.4 is 9.47 Å². The fourth-order valence-electron chi connectivity index (χ4n) is 2.73. The summed E-state index contributed by atoms with van der Waals surface area (Å²) in [5.41, 5.74) is 0.556. The Bertz CT molecular complexity index is 1000. The molecule has 0 saturated carbocycles. The molecule has 0 fully saturated rings. The summed E-state index contributed by atoms with van der Waals surface area (Å²) in [5, 5.41) is 8.58. The lowest BCUT2D eigenvalue weighted by atomic mass is 10.1. The SMILES string of the molecule is Cc1c(OCC(C)(C)Oc2ccc(Cl)cc2)ccn2c(COCC(F)(F)F)nnc12. The summed E-state index contributed by atoms with van der Waals surface area (Å²) < 4.78 is 54.9. The van der Waals surface area contributed by atoms with Gasteiger partial charge in [0.1, 0.15) is 36.9 Å². The Labute approximate surface area is 176 Å². The first-order chi connectivity index (χ1) is 14.0. The van der Waals surface area contributed by atoms with Gasteiger partial charge in [-0.25, -0.2) is 0 Å². The van der Waals surface area contributed by atoms with E-state index in [1.54, 1.807) is 47.9 Å². The molecule has 0 amide bonds. The van der Waals surface area contributed by atoms with Crippen LogP contribution in [0.15, 0.2) is 36.5 Å². The number of fused-ring (bicyclic) bond motifs is 1. The molecule has 30 heavy (non-hydrogen) atoms. The number of benzene rings is 1. The smallest absolute Gasteiger partial charge is 0.411 e. The summed E-state index contributed by atoms with van der Waals surface area (Å²) in [6, 6.07) is 8.75. The molecule has 2 aromatic heterocycles. The first-order valence-corrected chi connectivity index (χ1v) is 9.47. The van der Waals surface area contributed by atoms with Crippen molar-refractivity contribution in [3.63, 3.8) is 0 Å². The Kier molecular flexibility index (Phi) is 6.42. The molecule has 0 saturated heterocycles. The Hall–Kier alpha value is -2.52. The molecule has 0 radical (unpaired) electrons. The number of nitrogens with zero attached hydrogens (tertiary/aromatic N) is 3. The molecule has 0 aliphatic rings. The summed E-state index contributed by atoms with van der Waals surface area (Å²) in [4.78, 5) is 0. The van der Waals surface area contributed by atoms with E-state index in [0.717, 1.165) is 0 Å². The van der Waals surface area contributed by atoms with E-state index in [4.69, 9.17) is 21.1 Å². The predicted molar refractivity (Wildman–Crippen MR) is 105 cm³/mol. The second kappa shape index (κ2) is 8.69. The van der Waals surface area contributed by atoms with Crippen molar-refractivity contribution in [1.29, 1.82) is 0 Å². The third-order valence-corrected chi connectivity index (χ3v) is 4.38. The van der Waals surface area contributed by atoms with Crippen molar-refractivity contribution in [3.8, 4) is 11.5 Å². The molecule has 162 valence electrons. The van der Waals surface area contributed by atoms with E-state index in [1.807, 2.05) is 13.8 Å². The summed E-state index contributed by atoms with van der Waals surface area (Å²) in [7, 11) is 0. The summed E-state index contributed by atoms with van der Waals surface area (Å²) in [5.74, 6) is 1.52. The zero-order valence-electron chi connectivity index (χ0n) is 16.7. The molecule has 0 aliphatic heterocycles. The normalized spacial score (nSPS) is 12.4. The molecule has 0 spiro atoms. The highest BCUT2D eigenvalue weighted by atomic mass is 35.5. The van der Waals surface area contributed by atoms with Crippen molar-refractivity contribution in [2.75, 3.05) is 13.2 Å². The van der Waals surface area contributed by atoms with E-state index < -0.39 is 18.4 Å². The number of hydrogen-bond donors (Lipinski definition) is 0. The van der Waals surface area contributed by atoms with Crippen LogP contribution in [0.1, 0.15) is 25.2 Å². The molecular weight excluding hydrogens is 423 g/mol. The van der Waals surface area contributed by atoms with Crippen LogP contribution in [0, 0.1) is 6.92 Å². The van der Waals surface area contributed by atoms with Crippen LogP contribution in [0.5, 0.6) is 11.5 Å². The topological polar surface area (TPSA) is 57.9 Å². The first-order valence-electron chi connectivity index (χ1n) is 9.09. The second-order valence-corrected chi connectivity index (χ2v) is 7.76. The monoisotopic (exact) mass is 443 g/mol. The summed E-state index contributed by atoms with van der Waals surface area (Å²) in [6.45, 7) is 4.19. The number of aromatic nitrogens is 3. The van der Waals surface area contributed by atoms with Crippen molar-refractivity contribution >= 4 is 17.2 Å². The second-order valence-electron chi connectivity index (χ2n) is 7.33. The van der Waals surface area contributed by atoms with Crippen LogP contribution in [0.4, 0.5) is 13.2 Å². The lowest BCUT2D eigenvalue weighted by Crippen LogP contribution is -2.35. The maximum atomic E-state index is 12.3. The number of aryl methyl sites for hydroxylation is 1. The number of pyridine rings is 1. The minimum atomic E-state index is -4.39. The van der Waals surface area contributed by atoms with Crippen LogP contribution in [-0.2, 0) is 11.3 Å². The van der Waals surface area contributed by atoms with Crippen molar-refractivity contribution < 1.29 is 27.4 Å². The Morgan fingerprint density at radius 3 is 2.40 bits per heavy atom. The van der Waals surface area contributed by atoms with Crippen molar-refractivity contribution in [3.05, 3.63) is 52.9 Å².